The Morgan fingerprint density at radius 3 is 2.23 bits per heavy atom. The molecule has 296 valence electrons. The van der Waals surface area contributed by atoms with Gasteiger partial charge in [-0.05, 0) is 136 Å². The van der Waals surface area contributed by atoms with Crippen LogP contribution in [-0.2, 0) is 0 Å². The molecule has 0 saturated carbocycles. The van der Waals surface area contributed by atoms with E-state index in [1.54, 1.807) is 0 Å². The quantitative estimate of drug-likeness (QED) is 0.167. The zero-order valence-electron chi connectivity index (χ0n) is 34.6. The Kier molecular flexibility index (Phi) is 8.25. The molecule has 0 bridgehead atoms. The predicted octanol–water partition coefficient (Wildman–Crippen LogP) is 14.7. The van der Waals surface area contributed by atoms with Gasteiger partial charge in [-0.25, -0.2) is 9.97 Å². The minimum Gasteiger partial charge on any atom is -0.252 e. The lowest BCUT2D eigenvalue weighted by Gasteiger charge is -2.37. The van der Waals surface area contributed by atoms with E-state index in [9.17, 15) is 0 Å². The molecule has 0 fully saturated rings. The van der Waals surface area contributed by atoms with Gasteiger partial charge in [-0.3, -0.25) is 4.99 Å². The van der Waals surface area contributed by atoms with Crippen LogP contribution < -0.4 is 0 Å². The lowest BCUT2D eigenvalue weighted by atomic mass is 9.66. The summed E-state index contributed by atoms with van der Waals surface area (Å²) in [6.45, 7) is 0. The molecule has 0 spiro atoms. The van der Waals surface area contributed by atoms with E-state index in [-0.39, 0.29) is 23.7 Å². The Morgan fingerprint density at radius 1 is 0.565 bits per heavy atom. The summed E-state index contributed by atoms with van der Waals surface area (Å²) in [5.41, 5.74) is 22.7. The van der Waals surface area contributed by atoms with E-state index >= 15 is 0 Å². The maximum absolute atomic E-state index is 5.43. The third-order valence-corrected chi connectivity index (χ3v) is 14.5. The summed E-state index contributed by atoms with van der Waals surface area (Å²) in [6, 6.07) is 38.2. The van der Waals surface area contributed by atoms with Gasteiger partial charge < -0.3 is 0 Å². The molecule has 62 heavy (non-hydrogen) atoms. The average Bonchev–Trinajstić information content (AvgIpc) is 3.35. The molecule has 0 saturated heterocycles. The summed E-state index contributed by atoms with van der Waals surface area (Å²) >= 11 is 0. The van der Waals surface area contributed by atoms with Crippen molar-refractivity contribution in [1.29, 1.82) is 0 Å². The van der Waals surface area contributed by atoms with Crippen molar-refractivity contribution in [1.82, 2.24) is 9.97 Å². The van der Waals surface area contributed by atoms with Gasteiger partial charge in [0, 0.05) is 34.4 Å². The maximum Gasteiger partial charge on any atom is 0.0972 e. The van der Waals surface area contributed by atoms with Gasteiger partial charge in [-0.1, -0.05) is 146 Å². The molecule has 4 atom stereocenters. The second-order valence-electron chi connectivity index (χ2n) is 17.9. The zero-order chi connectivity index (χ0) is 40.7. The lowest BCUT2D eigenvalue weighted by Crippen LogP contribution is -2.29. The fourth-order valence-corrected chi connectivity index (χ4v) is 11.4. The Balaban J connectivity index is 0.849. The van der Waals surface area contributed by atoms with Gasteiger partial charge in [0.2, 0.25) is 0 Å². The largest absolute Gasteiger partial charge is 0.252 e. The van der Waals surface area contributed by atoms with Gasteiger partial charge in [0.15, 0.2) is 0 Å². The number of aromatic nitrogens is 2. The first kappa shape index (κ1) is 35.8. The molecule has 4 aromatic carbocycles. The number of hydrogen-bond acceptors (Lipinski definition) is 3. The number of hydrogen-bond donors (Lipinski definition) is 0. The van der Waals surface area contributed by atoms with Crippen LogP contribution in [0.3, 0.4) is 0 Å². The van der Waals surface area contributed by atoms with Crippen LogP contribution in [0.1, 0.15) is 95.1 Å². The first-order valence-electron chi connectivity index (χ1n) is 22.6. The van der Waals surface area contributed by atoms with Crippen LogP contribution in [0.15, 0.2) is 186 Å². The molecule has 7 aliphatic rings. The SMILES string of the molecule is C1=CCCC(c2ccc3ccc4ccc(C5=CC6C7=C(CCC=C7)c7cc(C8=CCCC(C9=Nc%10ccccc%10C%10c%11ccccc%11C=CC9%10)=C8)ccc7C6C=C5)nc4c3n2)=C1. The zero-order valence-corrected chi connectivity index (χ0v) is 34.6. The number of fused-ring (bicyclic) bond motifs is 13. The Morgan fingerprint density at radius 2 is 1.34 bits per heavy atom. The monoisotopic (exact) mass is 795 g/mol. The maximum atomic E-state index is 5.43. The molecule has 13 rings (SSSR count). The summed E-state index contributed by atoms with van der Waals surface area (Å²) < 4.78 is 0. The second kappa shape index (κ2) is 14.3. The third kappa shape index (κ3) is 5.75. The van der Waals surface area contributed by atoms with E-state index in [2.05, 4.69) is 176 Å². The Hall–Kier alpha value is -6.97. The lowest BCUT2D eigenvalue weighted by molar-refractivity contribution is 0.657. The molecule has 3 nitrogen and oxygen atoms in total. The van der Waals surface area contributed by atoms with Crippen molar-refractivity contribution in [2.75, 3.05) is 0 Å². The summed E-state index contributed by atoms with van der Waals surface area (Å²) in [4.78, 5) is 16.0. The first-order chi connectivity index (χ1) is 30.7. The van der Waals surface area contributed by atoms with Gasteiger partial charge in [-0.2, -0.15) is 0 Å². The smallest absolute Gasteiger partial charge is 0.0972 e. The Bertz CT molecular complexity index is 3260. The molecular weight excluding hydrogens is 751 g/mol. The van der Waals surface area contributed by atoms with Crippen molar-refractivity contribution in [2.24, 2.45) is 16.8 Å². The number of pyridine rings is 2. The molecule has 6 aromatic rings. The highest BCUT2D eigenvalue weighted by atomic mass is 14.8. The van der Waals surface area contributed by atoms with E-state index in [1.807, 2.05) is 0 Å². The molecule has 1 aliphatic heterocycles. The second-order valence-corrected chi connectivity index (χ2v) is 17.9. The van der Waals surface area contributed by atoms with Crippen LogP contribution in [0.2, 0.25) is 0 Å². The van der Waals surface area contributed by atoms with E-state index in [4.69, 9.17) is 15.0 Å². The van der Waals surface area contributed by atoms with Crippen LogP contribution in [0, 0.1) is 11.8 Å². The van der Waals surface area contributed by atoms with E-state index in [0.29, 0.717) is 0 Å². The van der Waals surface area contributed by atoms with Crippen LogP contribution in [0.25, 0.3) is 50.2 Å². The van der Waals surface area contributed by atoms with Crippen molar-refractivity contribution >= 4 is 61.6 Å². The Labute approximate surface area is 363 Å². The van der Waals surface area contributed by atoms with Gasteiger partial charge in [0.25, 0.3) is 0 Å². The normalized spacial score (nSPS) is 22.9. The number of allylic oxidation sites excluding steroid dienone is 17. The summed E-state index contributed by atoms with van der Waals surface area (Å²) in [7, 11) is 0. The molecule has 3 heteroatoms. The number of benzene rings is 4. The highest BCUT2D eigenvalue weighted by Crippen LogP contribution is 2.52. The van der Waals surface area contributed by atoms with E-state index in [1.165, 1.54) is 72.5 Å². The van der Waals surface area contributed by atoms with Crippen molar-refractivity contribution in [3.63, 3.8) is 0 Å². The van der Waals surface area contributed by atoms with E-state index < -0.39 is 0 Å². The van der Waals surface area contributed by atoms with E-state index in [0.717, 1.165) is 77.4 Å². The van der Waals surface area contributed by atoms with Gasteiger partial charge >= 0.3 is 0 Å². The van der Waals surface area contributed by atoms with Crippen LogP contribution in [0.5, 0.6) is 0 Å². The molecule has 3 heterocycles. The summed E-state index contributed by atoms with van der Waals surface area (Å²) in [5.74, 6) is 1.03. The first-order valence-corrected chi connectivity index (χ1v) is 22.6. The molecule has 6 aliphatic carbocycles. The summed E-state index contributed by atoms with van der Waals surface area (Å²) in [6.07, 6.45) is 34.5. The van der Waals surface area contributed by atoms with Gasteiger partial charge in [0.05, 0.1) is 33.8 Å². The van der Waals surface area contributed by atoms with Crippen molar-refractivity contribution < 1.29 is 0 Å². The third-order valence-electron chi connectivity index (χ3n) is 14.5. The highest BCUT2D eigenvalue weighted by molar-refractivity contribution is 6.09. The average molecular weight is 796 g/mol. The molecule has 0 amide bonds. The van der Waals surface area contributed by atoms with Crippen molar-refractivity contribution in [2.45, 2.75) is 50.4 Å². The number of para-hydroxylation sites is 1. The molecule has 0 radical (unpaired) electrons. The van der Waals surface area contributed by atoms with Crippen molar-refractivity contribution in [3.8, 4) is 0 Å². The number of aliphatic imine (C=N–C) groups is 1. The highest BCUT2D eigenvalue weighted by Gasteiger charge is 2.38. The number of rotatable bonds is 4. The fraction of sp³-hybridized carbons (Fsp3) is 0.169. The predicted molar refractivity (Wildman–Crippen MR) is 258 cm³/mol. The minimum atomic E-state index is 0.222. The van der Waals surface area contributed by atoms with Gasteiger partial charge in [-0.15, -0.1) is 0 Å². The van der Waals surface area contributed by atoms with Crippen LogP contribution >= 0.6 is 0 Å². The standard InChI is InChI=1S/C59H45N3/c1-2-12-37(13-3-1)53-31-26-38-21-22-39-27-32-54(61-59(39)58(38)60-53)42-25-29-48-47-28-24-41(34-51(47)45-17-6-7-18-46(45)52(48)35-42)40-14-10-15-43(33-40)57-50-30-23-36-11-4-5-16-44(36)56(50)49-19-8-9-20-55(49)62-57/h1-2,4-5,7-9,11-12,14,16,18-35,48,50,52,56H,3,6,10,13,15,17H2. The van der Waals surface area contributed by atoms with Crippen LogP contribution in [0.4, 0.5) is 5.69 Å². The minimum absolute atomic E-state index is 0.222. The van der Waals surface area contributed by atoms with Crippen LogP contribution in [-0.4, -0.2) is 15.7 Å². The van der Waals surface area contributed by atoms with Crippen molar-refractivity contribution in [3.05, 3.63) is 226 Å². The molecule has 2 aromatic heterocycles. The van der Waals surface area contributed by atoms with Gasteiger partial charge in [0.1, 0.15) is 0 Å². The fourth-order valence-electron chi connectivity index (χ4n) is 11.4. The summed E-state index contributed by atoms with van der Waals surface area (Å²) in [5, 5.41) is 2.25. The topological polar surface area (TPSA) is 38.1 Å². The molecule has 0 N–H and O–H groups in total. The number of nitrogens with zero attached hydrogens (tertiary/aromatic N) is 3. The molecular formula is C59H45N3. The molecule has 4 unspecified atom stereocenters.